The van der Waals surface area contributed by atoms with Gasteiger partial charge in [-0.2, -0.15) is 11.8 Å². The summed E-state index contributed by atoms with van der Waals surface area (Å²) < 4.78 is 0. The van der Waals surface area contributed by atoms with Gasteiger partial charge in [0.25, 0.3) is 0 Å². The van der Waals surface area contributed by atoms with Gasteiger partial charge in [0, 0.05) is 21.9 Å². The number of hydrogen-bond acceptors (Lipinski definition) is 3. The molecule has 1 rings (SSSR count). The molecule has 2 atom stereocenters. The molecule has 1 N–H and O–H groups in total. The Morgan fingerprint density at radius 2 is 2.25 bits per heavy atom. The first-order chi connectivity index (χ1) is 7.76. The van der Waals surface area contributed by atoms with E-state index < -0.39 is 0 Å². The summed E-state index contributed by atoms with van der Waals surface area (Å²) in [6, 6.07) is 5.01. The molecule has 1 heterocycles. The van der Waals surface area contributed by atoms with Gasteiger partial charge in [-0.15, -0.1) is 11.3 Å². The maximum atomic E-state index is 3.59. The smallest absolute Gasteiger partial charge is 0.0206 e. The summed E-state index contributed by atoms with van der Waals surface area (Å²) >= 11 is 3.96. The average Bonchev–Trinajstić information content (AvgIpc) is 2.78. The van der Waals surface area contributed by atoms with Crippen LogP contribution in [0.15, 0.2) is 17.5 Å². The van der Waals surface area contributed by atoms with E-state index in [0.29, 0.717) is 6.04 Å². The minimum absolute atomic E-state index is 0.627. The third-order valence-electron chi connectivity index (χ3n) is 2.68. The van der Waals surface area contributed by atoms with Crippen LogP contribution in [0.25, 0.3) is 0 Å². The van der Waals surface area contributed by atoms with Crippen LogP contribution in [0.4, 0.5) is 0 Å². The van der Waals surface area contributed by atoms with Crippen LogP contribution in [0, 0.1) is 0 Å². The molecular weight excluding hydrogens is 234 g/mol. The minimum atomic E-state index is 0.627. The van der Waals surface area contributed by atoms with Crippen molar-refractivity contribution in [3.8, 4) is 0 Å². The molecule has 92 valence electrons. The van der Waals surface area contributed by atoms with Crippen molar-refractivity contribution in [2.75, 3.05) is 12.3 Å². The highest BCUT2D eigenvalue weighted by Crippen LogP contribution is 2.18. The van der Waals surface area contributed by atoms with Crippen molar-refractivity contribution in [2.24, 2.45) is 0 Å². The fraction of sp³-hybridized carbons (Fsp3) is 0.692. The van der Waals surface area contributed by atoms with Crippen LogP contribution in [-0.2, 0) is 6.42 Å². The molecule has 0 aliphatic heterocycles. The minimum Gasteiger partial charge on any atom is -0.313 e. The Kier molecular flexibility index (Phi) is 7.17. The van der Waals surface area contributed by atoms with Gasteiger partial charge in [-0.3, -0.25) is 0 Å². The van der Waals surface area contributed by atoms with Gasteiger partial charge in [0.15, 0.2) is 0 Å². The fourth-order valence-corrected chi connectivity index (χ4v) is 3.37. The van der Waals surface area contributed by atoms with E-state index in [1.807, 2.05) is 11.3 Å². The van der Waals surface area contributed by atoms with Crippen LogP contribution in [0.3, 0.4) is 0 Å². The van der Waals surface area contributed by atoms with Gasteiger partial charge in [0.05, 0.1) is 0 Å². The van der Waals surface area contributed by atoms with Crippen LogP contribution < -0.4 is 5.32 Å². The third-order valence-corrected chi connectivity index (χ3v) is 5.07. The van der Waals surface area contributed by atoms with Gasteiger partial charge in [0.2, 0.25) is 0 Å². The second-order valence-electron chi connectivity index (χ2n) is 4.09. The number of thiophene rings is 1. The van der Waals surface area contributed by atoms with Crippen LogP contribution in [-0.4, -0.2) is 23.6 Å². The number of hydrogen-bond donors (Lipinski definition) is 1. The molecule has 0 aromatic carbocycles. The van der Waals surface area contributed by atoms with E-state index in [4.69, 9.17) is 0 Å². The normalized spacial score (nSPS) is 14.9. The van der Waals surface area contributed by atoms with Crippen LogP contribution in [0.5, 0.6) is 0 Å². The molecule has 0 aliphatic rings. The Morgan fingerprint density at radius 3 is 2.81 bits per heavy atom. The van der Waals surface area contributed by atoms with Crippen molar-refractivity contribution in [3.05, 3.63) is 22.4 Å². The lowest BCUT2D eigenvalue weighted by Crippen LogP contribution is -2.33. The van der Waals surface area contributed by atoms with Crippen molar-refractivity contribution in [3.63, 3.8) is 0 Å². The van der Waals surface area contributed by atoms with Crippen LogP contribution >= 0.6 is 23.1 Å². The van der Waals surface area contributed by atoms with Gasteiger partial charge < -0.3 is 5.32 Å². The van der Waals surface area contributed by atoms with Crippen LogP contribution in [0.2, 0.25) is 0 Å². The summed E-state index contributed by atoms with van der Waals surface area (Å²) in [5.74, 6) is 1.22. The van der Waals surface area contributed by atoms with E-state index in [1.165, 1.54) is 23.5 Å². The molecule has 3 heteroatoms. The Labute approximate surface area is 108 Å². The van der Waals surface area contributed by atoms with Gasteiger partial charge >= 0.3 is 0 Å². The molecule has 0 radical (unpaired) electrons. The van der Waals surface area contributed by atoms with E-state index in [0.717, 1.165) is 11.8 Å². The molecule has 1 aromatic rings. The lowest BCUT2D eigenvalue weighted by atomic mass is 10.2. The number of thioether (sulfide) groups is 1. The number of nitrogens with one attached hydrogen (secondary N) is 1. The molecule has 16 heavy (non-hydrogen) atoms. The van der Waals surface area contributed by atoms with E-state index in [2.05, 4.69) is 55.4 Å². The zero-order valence-corrected chi connectivity index (χ0v) is 12.2. The fourth-order valence-electron chi connectivity index (χ4n) is 1.55. The zero-order chi connectivity index (χ0) is 11.8. The van der Waals surface area contributed by atoms with Gasteiger partial charge in [-0.25, -0.2) is 0 Å². The summed E-state index contributed by atoms with van der Waals surface area (Å²) in [7, 11) is 0. The molecule has 1 nitrogen and oxygen atoms in total. The topological polar surface area (TPSA) is 12.0 Å². The highest BCUT2D eigenvalue weighted by Gasteiger charge is 2.10. The number of rotatable bonds is 8. The first kappa shape index (κ1) is 14.1. The van der Waals surface area contributed by atoms with E-state index >= 15 is 0 Å². The molecule has 0 fully saturated rings. The quantitative estimate of drug-likeness (QED) is 0.760. The molecule has 0 spiro atoms. The molecule has 0 saturated carbocycles. The van der Waals surface area contributed by atoms with Crippen LogP contribution in [0.1, 0.15) is 32.1 Å². The van der Waals surface area contributed by atoms with E-state index in [1.54, 1.807) is 0 Å². The Bertz CT molecular complexity index is 259. The van der Waals surface area contributed by atoms with Crippen molar-refractivity contribution in [2.45, 2.75) is 44.9 Å². The second kappa shape index (κ2) is 8.15. The summed E-state index contributed by atoms with van der Waals surface area (Å²) in [6.07, 6.45) is 2.44. The molecule has 0 aliphatic carbocycles. The Balaban J connectivity index is 2.35. The lowest BCUT2D eigenvalue weighted by Gasteiger charge is -2.18. The maximum Gasteiger partial charge on any atom is 0.0206 e. The highest BCUT2D eigenvalue weighted by molar-refractivity contribution is 7.99. The van der Waals surface area contributed by atoms with Crippen molar-refractivity contribution in [1.82, 2.24) is 5.32 Å². The molecule has 0 bridgehead atoms. The molecule has 1 aromatic heterocycles. The molecule has 0 amide bonds. The number of likely N-dealkylation sites (N-methyl/N-ethyl adjacent to an activating group) is 1. The highest BCUT2D eigenvalue weighted by atomic mass is 32.2. The predicted octanol–water partition coefficient (Wildman–Crippen LogP) is 3.80. The summed E-state index contributed by atoms with van der Waals surface area (Å²) in [4.78, 5) is 1.50. The molecule has 0 saturated heterocycles. The Hall–Kier alpha value is 0.01000. The SMILES string of the molecule is CCNC(CSC(C)CC)Cc1cccs1. The predicted molar refractivity (Wildman–Crippen MR) is 77.7 cm³/mol. The maximum absolute atomic E-state index is 3.59. The van der Waals surface area contributed by atoms with Crippen molar-refractivity contribution < 1.29 is 0 Å². The van der Waals surface area contributed by atoms with Crippen molar-refractivity contribution in [1.29, 1.82) is 0 Å². The summed E-state index contributed by atoms with van der Waals surface area (Å²) in [5, 5.41) is 6.53. The van der Waals surface area contributed by atoms with Gasteiger partial charge in [0.1, 0.15) is 0 Å². The first-order valence-electron chi connectivity index (χ1n) is 6.13. The summed E-state index contributed by atoms with van der Waals surface area (Å²) in [6.45, 7) is 7.84. The third kappa shape index (κ3) is 5.37. The van der Waals surface area contributed by atoms with E-state index in [-0.39, 0.29) is 0 Å². The van der Waals surface area contributed by atoms with E-state index in [9.17, 15) is 0 Å². The monoisotopic (exact) mass is 257 g/mol. The Morgan fingerprint density at radius 1 is 1.44 bits per heavy atom. The summed E-state index contributed by atoms with van der Waals surface area (Å²) in [5.41, 5.74) is 0. The molecular formula is C13H23NS2. The second-order valence-corrected chi connectivity index (χ2v) is 6.59. The van der Waals surface area contributed by atoms with Crippen molar-refractivity contribution >= 4 is 23.1 Å². The average molecular weight is 257 g/mol. The molecule has 2 unspecified atom stereocenters. The van der Waals surface area contributed by atoms with Gasteiger partial charge in [-0.1, -0.05) is 26.8 Å². The standard InChI is InChI=1S/C13H23NS2/c1-4-11(3)16-10-12(14-5-2)9-13-7-6-8-15-13/h6-8,11-12,14H,4-5,9-10H2,1-3H3. The largest absolute Gasteiger partial charge is 0.313 e. The first-order valence-corrected chi connectivity index (χ1v) is 8.06. The zero-order valence-electron chi connectivity index (χ0n) is 10.5. The van der Waals surface area contributed by atoms with Gasteiger partial charge in [-0.05, 0) is 30.8 Å². The lowest BCUT2D eigenvalue weighted by molar-refractivity contribution is 0.575.